The Morgan fingerprint density at radius 2 is 2.16 bits per heavy atom. The van der Waals surface area contributed by atoms with Gasteiger partial charge in [0.15, 0.2) is 0 Å². The summed E-state index contributed by atoms with van der Waals surface area (Å²) in [6, 6.07) is 5.42. The van der Waals surface area contributed by atoms with Gasteiger partial charge < -0.3 is 9.38 Å². The van der Waals surface area contributed by atoms with Crippen LogP contribution in [-0.4, -0.2) is 14.4 Å². The zero-order valence-electron chi connectivity index (χ0n) is 9.95. The van der Waals surface area contributed by atoms with Crippen LogP contribution in [0.4, 0.5) is 0 Å². The fraction of sp³-hybridized carbons (Fsp3) is 0.0769. The summed E-state index contributed by atoms with van der Waals surface area (Å²) in [6.07, 6.45) is 3.68. The van der Waals surface area contributed by atoms with Crippen LogP contribution in [-0.2, 0) is 0 Å². The van der Waals surface area contributed by atoms with Crippen molar-refractivity contribution in [2.45, 2.75) is 6.92 Å². The van der Waals surface area contributed by atoms with Crippen LogP contribution in [0.2, 0.25) is 5.02 Å². The third kappa shape index (κ3) is 2.19. The lowest BCUT2D eigenvalue weighted by molar-refractivity contribution is 1.13. The zero-order valence-corrected chi connectivity index (χ0v) is 12.3. The van der Waals surface area contributed by atoms with Gasteiger partial charge in [-0.15, -0.1) is 0 Å². The van der Waals surface area contributed by atoms with E-state index in [0.29, 0.717) is 9.50 Å². The van der Waals surface area contributed by atoms with Gasteiger partial charge in [-0.25, -0.2) is 4.98 Å². The molecule has 0 bridgehead atoms. The highest BCUT2D eigenvalue weighted by molar-refractivity contribution is 9.10. The topological polar surface area (TPSA) is 50.2 Å². The van der Waals surface area contributed by atoms with Crippen molar-refractivity contribution in [2.75, 3.05) is 0 Å². The van der Waals surface area contributed by atoms with E-state index >= 15 is 0 Å². The van der Waals surface area contributed by atoms with Crippen LogP contribution in [0.3, 0.4) is 0 Å². The first-order valence-corrected chi connectivity index (χ1v) is 6.76. The Morgan fingerprint density at radius 1 is 1.37 bits per heavy atom. The number of hydrogen-bond acceptors (Lipinski definition) is 2. The number of nitrogens with zero attached hydrogens (tertiary/aromatic N) is 2. The fourth-order valence-corrected chi connectivity index (χ4v) is 2.45. The number of hydrogen-bond donors (Lipinski definition) is 1. The second-order valence-corrected chi connectivity index (χ2v) is 5.51. The molecule has 0 saturated carbocycles. The molecule has 3 heterocycles. The van der Waals surface area contributed by atoms with Gasteiger partial charge in [0.2, 0.25) is 0 Å². The molecule has 0 aliphatic rings. The first-order chi connectivity index (χ1) is 9.04. The van der Waals surface area contributed by atoms with Gasteiger partial charge in [-0.1, -0.05) is 11.6 Å². The van der Waals surface area contributed by atoms with E-state index in [1.54, 1.807) is 18.3 Å². The number of aryl methyl sites for hydroxylation is 1. The SMILES string of the molecule is Cc1[nH]c(=O)c(Br)cc1-c1cn2cc(Cl)ccc2n1. The van der Waals surface area contributed by atoms with Crippen molar-refractivity contribution in [2.24, 2.45) is 0 Å². The van der Waals surface area contributed by atoms with Gasteiger partial charge in [0.25, 0.3) is 5.56 Å². The van der Waals surface area contributed by atoms with Crippen LogP contribution in [0.1, 0.15) is 5.69 Å². The van der Waals surface area contributed by atoms with Gasteiger partial charge in [-0.05, 0) is 41.1 Å². The maximum atomic E-state index is 11.5. The number of pyridine rings is 2. The van der Waals surface area contributed by atoms with E-state index in [0.717, 1.165) is 22.6 Å². The highest BCUT2D eigenvalue weighted by Gasteiger charge is 2.10. The van der Waals surface area contributed by atoms with Crippen molar-refractivity contribution in [1.29, 1.82) is 0 Å². The van der Waals surface area contributed by atoms with Gasteiger partial charge in [-0.2, -0.15) is 0 Å². The summed E-state index contributed by atoms with van der Waals surface area (Å²) in [5, 5.41) is 0.649. The van der Waals surface area contributed by atoms with Crippen molar-refractivity contribution >= 4 is 33.2 Å². The second kappa shape index (κ2) is 4.51. The molecule has 0 amide bonds. The molecular weight excluding hydrogens is 330 g/mol. The summed E-state index contributed by atoms with van der Waals surface area (Å²) in [5.41, 5.74) is 3.11. The third-order valence-corrected chi connectivity index (χ3v) is 3.70. The lowest BCUT2D eigenvalue weighted by atomic mass is 10.1. The van der Waals surface area contributed by atoms with Gasteiger partial charge in [0, 0.05) is 23.7 Å². The molecule has 0 unspecified atom stereocenters. The minimum Gasteiger partial charge on any atom is -0.325 e. The average molecular weight is 339 g/mol. The maximum Gasteiger partial charge on any atom is 0.262 e. The van der Waals surface area contributed by atoms with Crippen LogP contribution in [0.25, 0.3) is 16.9 Å². The number of halogens is 2. The molecule has 0 spiro atoms. The molecule has 0 aliphatic heterocycles. The van der Waals surface area contributed by atoms with Crippen LogP contribution < -0.4 is 5.56 Å². The van der Waals surface area contributed by atoms with E-state index < -0.39 is 0 Å². The van der Waals surface area contributed by atoms with E-state index in [1.807, 2.05) is 23.6 Å². The lowest BCUT2D eigenvalue weighted by Gasteiger charge is -2.02. The van der Waals surface area contributed by atoms with Crippen molar-refractivity contribution < 1.29 is 0 Å². The summed E-state index contributed by atoms with van der Waals surface area (Å²) in [4.78, 5) is 18.8. The van der Waals surface area contributed by atoms with E-state index in [-0.39, 0.29) is 5.56 Å². The molecule has 0 radical (unpaired) electrons. The first-order valence-electron chi connectivity index (χ1n) is 5.58. The van der Waals surface area contributed by atoms with E-state index in [9.17, 15) is 4.79 Å². The number of aromatic nitrogens is 3. The van der Waals surface area contributed by atoms with Crippen LogP contribution in [0.5, 0.6) is 0 Å². The van der Waals surface area contributed by atoms with Crippen molar-refractivity contribution in [1.82, 2.24) is 14.4 Å². The second-order valence-electron chi connectivity index (χ2n) is 4.22. The van der Waals surface area contributed by atoms with Crippen molar-refractivity contribution in [3.05, 3.63) is 56.1 Å². The molecule has 19 heavy (non-hydrogen) atoms. The molecule has 4 nitrogen and oxygen atoms in total. The Hall–Kier alpha value is -1.59. The first kappa shape index (κ1) is 12.4. The van der Waals surface area contributed by atoms with Gasteiger partial charge >= 0.3 is 0 Å². The number of imidazole rings is 1. The smallest absolute Gasteiger partial charge is 0.262 e. The Morgan fingerprint density at radius 3 is 2.95 bits per heavy atom. The molecule has 6 heteroatoms. The molecule has 0 aromatic carbocycles. The highest BCUT2D eigenvalue weighted by Crippen LogP contribution is 2.24. The summed E-state index contributed by atoms with van der Waals surface area (Å²) < 4.78 is 2.35. The molecule has 1 N–H and O–H groups in total. The summed E-state index contributed by atoms with van der Waals surface area (Å²) in [6.45, 7) is 1.85. The van der Waals surface area contributed by atoms with E-state index in [2.05, 4.69) is 25.9 Å². The van der Waals surface area contributed by atoms with Crippen molar-refractivity contribution in [3.8, 4) is 11.3 Å². The molecule has 0 atom stereocenters. The van der Waals surface area contributed by atoms with Crippen LogP contribution >= 0.6 is 27.5 Å². The van der Waals surface area contributed by atoms with Crippen LogP contribution in [0, 0.1) is 6.92 Å². The number of rotatable bonds is 1. The predicted octanol–water partition coefficient (Wildman–Crippen LogP) is 3.41. The van der Waals surface area contributed by atoms with Crippen LogP contribution in [0.15, 0.2) is 39.9 Å². The molecule has 0 saturated heterocycles. The van der Waals surface area contributed by atoms with Gasteiger partial charge in [0.05, 0.1) is 15.2 Å². The molecule has 3 aromatic heterocycles. The summed E-state index contributed by atoms with van der Waals surface area (Å²) in [5.74, 6) is 0. The number of H-pyrrole nitrogens is 1. The maximum absolute atomic E-state index is 11.5. The molecule has 96 valence electrons. The lowest BCUT2D eigenvalue weighted by Crippen LogP contribution is -2.08. The zero-order chi connectivity index (χ0) is 13.6. The largest absolute Gasteiger partial charge is 0.325 e. The van der Waals surface area contributed by atoms with Gasteiger partial charge in [-0.3, -0.25) is 4.79 Å². The monoisotopic (exact) mass is 337 g/mol. The number of nitrogens with one attached hydrogen (secondary N) is 1. The summed E-state index contributed by atoms with van der Waals surface area (Å²) in [7, 11) is 0. The van der Waals surface area contributed by atoms with Crippen molar-refractivity contribution in [3.63, 3.8) is 0 Å². The Balaban J connectivity index is 2.24. The minimum atomic E-state index is -0.145. The Labute approximate surface area is 122 Å². The standard InChI is InChI=1S/C13H9BrClN3O/c1-7-9(4-10(14)13(19)16-7)11-6-18-5-8(15)2-3-12(18)17-11/h2-6H,1H3,(H,16,19). The number of fused-ring (bicyclic) bond motifs is 1. The third-order valence-electron chi connectivity index (χ3n) is 2.88. The molecule has 0 aliphatic carbocycles. The summed E-state index contributed by atoms with van der Waals surface area (Å²) >= 11 is 9.18. The highest BCUT2D eigenvalue weighted by atomic mass is 79.9. The van der Waals surface area contributed by atoms with E-state index in [1.165, 1.54) is 0 Å². The average Bonchev–Trinajstić information content (AvgIpc) is 2.76. The predicted molar refractivity (Wildman–Crippen MR) is 78.7 cm³/mol. The Kier molecular flexibility index (Phi) is 2.95. The number of aromatic amines is 1. The fourth-order valence-electron chi connectivity index (χ4n) is 1.96. The van der Waals surface area contributed by atoms with E-state index in [4.69, 9.17) is 11.6 Å². The molecular formula is C13H9BrClN3O. The normalized spacial score (nSPS) is 11.1. The molecule has 3 rings (SSSR count). The molecule has 0 fully saturated rings. The molecule has 3 aromatic rings. The van der Waals surface area contributed by atoms with Gasteiger partial charge in [0.1, 0.15) is 5.65 Å². The Bertz CT molecular complexity index is 838. The minimum absolute atomic E-state index is 0.145. The quantitative estimate of drug-likeness (QED) is 0.739.